The lowest BCUT2D eigenvalue weighted by molar-refractivity contribution is -0.271. The highest BCUT2D eigenvalue weighted by atomic mass is 16.6. The highest BCUT2D eigenvalue weighted by Crippen LogP contribution is 2.32. The molecule has 1 fully saturated rings. The predicted molar refractivity (Wildman–Crippen MR) is 176 cm³/mol. The highest BCUT2D eigenvalue weighted by molar-refractivity contribution is 5.81. The van der Waals surface area contributed by atoms with Gasteiger partial charge in [-0.2, -0.15) is 0 Å². The Morgan fingerprint density at radius 3 is 1.46 bits per heavy atom. The Kier molecular flexibility index (Phi) is 13.1. The van der Waals surface area contributed by atoms with Gasteiger partial charge in [-0.15, -0.1) is 0 Å². The van der Waals surface area contributed by atoms with Crippen LogP contribution in [0.4, 0.5) is 0 Å². The molecule has 0 bridgehead atoms. The topological polar surface area (TPSA) is 72.5 Å². The smallest absolute Gasteiger partial charge is 0.330 e. The maximum absolute atomic E-state index is 11.9. The van der Waals surface area contributed by atoms with Gasteiger partial charge in [0.1, 0.15) is 24.4 Å². The molecule has 1 aliphatic heterocycles. The first kappa shape index (κ1) is 33.3. The van der Waals surface area contributed by atoms with Gasteiger partial charge in [-0.05, 0) is 28.7 Å². The fourth-order valence-electron chi connectivity index (χ4n) is 5.44. The SMILES string of the molecule is COC(=O)/C=C/CC1O[C@H](COCc2ccccc2)[C@@H](OCc2ccccc2)[C@H](OCc2ccccc2)[C@H]1OCc1ccccc1. The molecular weight excluding hydrogens is 580 g/mol. The van der Waals surface area contributed by atoms with E-state index in [1.165, 1.54) is 13.2 Å². The molecule has 0 radical (unpaired) electrons. The molecule has 0 aromatic heterocycles. The summed E-state index contributed by atoms with van der Waals surface area (Å²) in [6, 6.07) is 40.1. The Bertz CT molecular complexity index is 1450. The van der Waals surface area contributed by atoms with Crippen molar-refractivity contribution in [3.05, 3.63) is 156 Å². The molecule has 0 amide bonds. The molecular formula is C39H42O7. The number of benzene rings is 4. The molecule has 4 aromatic rings. The van der Waals surface area contributed by atoms with E-state index in [1.807, 2.05) is 121 Å². The molecule has 0 saturated carbocycles. The first-order valence-corrected chi connectivity index (χ1v) is 15.7. The summed E-state index contributed by atoms with van der Waals surface area (Å²) in [6.45, 7) is 1.81. The van der Waals surface area contributed by atoms with E-state index >= 15 is 0 Å². The van der Waals surface area contributed by atoms with Crippen molar-refractivity contribution in [3.63, 3.8) is 0 Å². The number of hydrogen-bond donors (Lipinski definition) is 0. The van der Waals surface area contributed by atoms with E-state index < -0.39 is 36.5 Å². The zero-order chi connectivity index (χ0) is 31.8. The molecule has 46 heavy (non-hydrogen) atoms. The first-order chi connectivity index (χ1) is 22.7. The van der Waals surface area contributed by atoms with E-state index in [0.717, 1.165) is 22.3 Å². The van der Waals surface area contributed by atoms with Crippen LogP contribution in [0.5, 0.6) is 0 Å². The van der Waals surface area contributed by atoms with Gasteiger partial charge in [0, 0.05) is 6.08 Å². The van der Waals surface area contributed by atoms with Crippen molar-refractivity contribution >= 4 is 5.97 Å². The number of methoxy groups -OCH3 is 1. The number of carbonyl (C=O) groups excluding carboxylic acids is 1. The van der Waals surface area contributed by atoms with Crippen molar-refractivity contribution in [3.8, 4) is 0 Å². The van der Waals surface area contributed by atoms with Gasteiger partial charge in [0.25, 0.3) is 0 Å². The van der Waals surface area contributed by atoms with E-state index in [0.29, 0.717) is 32.8 Å². The lowest BCUT2D eigenvalue weighted by atomic mass is 9.92. The van der Waals surface area contributed by atoms with Gasteiger partial charge in [-0.1, -0.05) is 127 Å². The third kappa shape index (κ3) is 10.2. The second-order valence-electron chi connectivity index (χ2n) is 11.2. The fourth-order valence-corrected chi connectivity index (χ4v) is 5.44. The molecule has 5 rings (SSSR count). The van der Waals surface area contributed by atoms with Crippen LogP contribution >= 0.6 is 0 Å². The van der Waals surface area contributed by atoms with Crippen molar-refractivity contribution < 1.29 is 33.2 Å². The Balaban J connectivity index is 1.44. The summed E-state index contributed by atoms with van der Waals surface area (Å²) >= 11 is 0. The monoisotopic (exact) mass is 622 g/mol. The molecule has 7 nitrogen and oxygen atoms in total. The molecule has 1 heterocycles. The molecule has 4 aromatic carbocycles. The van der Waals surface area contributed by atoms with Crippen LogP contribution in [0, 0.1) is 0 Å². The molecule has 0 aliphatic carbocycles. The van der Waals surface area contributed by atoms with E-state index in [4.69, 9.17) is 28.4 Å². The predicted octanol–water partition coefficient (Wildman–Crippen LogP) is 6.85. The van der Waals surface area contributed by atoms with Crippen LogP contribution < -0.4 is 0 Å². The van der Waals surface area contributed by atoms with Crippen LogP contribution in [0.3, 0.4) is 0 Å². The van der Waals surface area contributed by atoms with Gasteiger partial charge < -0.3 is 28.4 Å². The largest absolute Gasteiger partial charge is 0.466 e. The van der Waals surface area contributed by atoms with Crippen LogP contribution in [0.15, 0.2) is 133 Å². The number of carbonyl (C=O) groups is 1. The fraction of sp³-hybridized carbons (Fsp3) is 0.308. The summed E-state index contributed by atoms with van der Waals surface area (Å²) in [5, 5.41) is 0. The van der Waals surface area contributed by atoms with E-state index in [2.05, 4.69) is 0 Å². The number of ether oxygens (including phenoxy) is 6. The van der Waals surface area contributed by atoms with Crippen molar-refractivity contribution in [1.82, 2.24) is 0 Å². The van der Waals surface area contributed by atoms with Gasteiger partial charge in [0.05, 0.1) is 46.2 Å². The summed E-state index contributed by atoms with van der Waals surface area (Å²) in [7, 11) is 1.36. The van der Waals surface area contributed by atoms with Crippen molar-refractivity contribution in [2.75, 3.05) is 13.7 Å². The average Bonchev–Trinajstić information content (AvgIpc) is 3.11. The third-order valence-corrected chi connectivity index (χ3v) is 7.80. The molecule has 5 atom stereocenters. The summed E-state index contributed by atoms with van der Waals surface area (Å²) in [5.41, 5.74) is 4.18. The second kappa shape index (κ2) is 18.1. The van der Waals surface area contributed by atoms with E-state index in [9.17, 15) is 4.79 Å². The van der Waals surface area contributed by atoms with E-state index in [-0.39, 0.29) is 6.61 Å². The molecule has 1 unspecified atom stereocenters. The lowest BCUT2D eigenvalue weighted by Gasteiger charge is -2.46. The minimum atomic E-state index is -0.516. The zero-order valence-corrected chi connectivity index (χ0v) is 26.2. The van der Waals surface area contributed by atoms with E-state index in [1.54, 1.807) is 6.08 Å². The van der Waals surface area contributed by atoms with Gasteiger partial charge in [-0.25, -0.2) is 4.79 Å². The summed E-state index contributed by atoms with van der Waals surface area (Å²) in [5.74, 6) is -0.429. The Labute approximate surface area is 271 Å². The van der Waals surface area contributed by atoms with Gasteiger partial charge in [0.2, 0.25) is 0 Å². The maximum atomic E-state index is 11.9. The molecule has 0 spiro atoms. The van der Waals surface area contributed by atoms with Gasteiger partial charge in [0.15, 0.2) is 0 Å². The van der Waals surface area contributed by atoms with Crippen LogP contribution in [0.25, 0.3) is 0 Å². The molecule has 1 aliphatic rings. The summed E-state index contributed by atoms with van der Waals surface area (Å²) < 4.78 is 37.9. The quantitative estimate of drug-likeness (QED) is 0.100. The maximum Gasteiger partial charge on any atom is 0.330 e. The average molecular weight is 623 g/mol. The second-order valence-corrected chi connectivity index (χ2v) is 11.2. The molecule has 7 heteroatoms. The summed E-state index contributed by atoms with van der Waals surface area (Å²) in [6.07, 6.45) is 1.11. The Morgan fingerprint density at radius 1 is 0.587 bits per heavy atom. The highest BCUT2D eigenvalue weighted by Gasteiger charge is 2.48. The lowest BCUT2D eigenvalue weighted by Crippen LogP contribution is -2.61. The standard InChI is InChI=1S/C39H42O7/c1-41-36(40)24-14-23-34-37(43-26-31-17-8-3-9-18-31)39(45-28-33-21-12-5-13-22-33)38(44-27-32-19-10-4-11-20-32)35(46-34)29-42-25-30-15-6-2-7-16-30/h2-22,24,34-35,37-39H,23,25-29H2,1H3/b24-14+/t34?,35-,37+,38-,39-/m1/s1. The van der Waals surface area contributed by atoms with Crippen LogP contribution in [-0.2, 0) is 59.6 Å². The van der Waals surface area contributed by atoms with Crippen molar-refractivity contribution in [2.24, 2.45) is 0 Å². The van der Waals surface area contributed by atoms with Crippen LogP contribution in [-0.4, -0.2) is 50.2 Å². The van der Waals surface area contributed by atoms with Gasteiger partial charge >= 0.3 is 5.97 Å². The summed E-state index contributed by atoms with van der Waals surface area (Å²) in [4.78, 5) is 11.9. The zero-order valence-electron chi connectivity index (χ0n) is 26.2. The molecule has 240 valence electrons. The normalized spacial score (nSPS) is 21.3. The molecule has 0 N–H and O–H groups in total. The van der Waals surface area contributed by atoms with Crippen LogP contribution in [0.1, 0.15) is 28.7 Å². The number of esters is 1. The Morgan fingerprint density at radius 2 is 1.00 bits per heavy atom. The number of rotatable bonds is 16. The minimum Gasteiger partial charge on any atom is -0.466 e. The van der Waals surface area contributed by atoms with Gasteiger partial charge in [-0.3, -0.25) is 0 Å². The van der Waals surface area contributed by atoms with Crippen molar-refractivity contribution in [2.45, 2.75) is 63.4 Å². The third-order valence-electron chi connectivity index (χ3n) is 7.80. The first-order valence-electron chi connectivity index (χ1n) is 15.7. The Hall–Kier alpha value is -4.11. The van der Waals surface area contributed by atoms with Crippen LogP contribution in [0.2, 0.25) is 0 Å². The minimum absolute atomic E-state index is 0.280. The molecule has 1 saturated heterocycles. The number of hydrogen-bond acceptors (Lipinski definition) is 7. The van der Waals surface area contributed by atoms with Crippen molar-refractivity contribution in [1.29, 1.82) is 0 Å².